The molecule has 1 nitrogen and oxygen atoms in total. The molecule has 2 heteroatoms. The van der Waals surface area contributed by atoms with Crippen LogP contribution in [0.5, 0.6) is 0 Å². The summed E-state index contributed by atoms with van der Waals surface area (Å²) in [5.41, 5.74) is 2.31. The maximum absolute atomic E-state index is 11.1. The van der Waals surface area contributed by atoms with Crippen LogP contribution in [0.2, 0.25) is 5.02 Å². The zero-order valence-electron chi connectivity index (χ0n) is 10.3. The second-order valence-electron chi connectivity index (χ2n) is 5.07. The number of ketones is 1. The van der Waals surface area contributed by atoms with Gasteiger partial charge in [0.05, 0.1) is 0 Å². The minimum atomic E-state index is 0.187. The molecule has 0 spiro atoms. The zero-order chi connectivity index (χ0) is 12.3. The Bertz CT molecular complexity index is 405. The quantitative estimate of drug-likeness (QED) is 0.771. The Hall–Kier alpha value is -0.820. The Morgan fingerprint density at radius 3 is 2.59 bits per heavy atom. The van der Waals surface area contributed by atoms with E-state index >= 15 is 0 Å². The van der Waals surface area contributed by atoms with Crippen molar-refractivity contribution in [2.75, 3.05) is 0 Å². The summed E-state index contributed by atoms with van der Waals surface area (Å²) in [6.45, 7) is 1.61. The summed E-state index contributed by atoms with van der Waals surface area (Å²) in [6, 6.07) is 6.14. The van der Waals surface area contributed by atoms with E-state index in [1.165, 1.54) is 37.7 Å². The molecule has 0 unspecified atom stereocenters. The molecule has 0 atom stereocenters. The van der Waals surface area contributed by atoms with E-state index in [4.69, 9.17) is 11.6 Å². The van der Waals surface area contributed by atoms with Crippen molar-refractivity contribution in [1.29, 1.82) is 0 Å². The molecule has 0 amide bonds. The van der Waals surface area contributed by atoms with E-state index in [1.807, 2.05) is 6.07 Å². The highest BCUT2D eigenvalue weighted by atomic mass is 35.5. The van der Waals surface area contributed by atoms with Crippen molar-refractivity contribution < 1.29 is 4.79 Å². The van der Waals surface area contributed by atoms with Crippen molar-refractivity contribution in [3.05, 3.63) is 34.3 Å². The SMILES string of the molecule is CC(=O)Cc1ccc(C2CCCCC2)c(Cl)c1. The summed E-state index contributed by atoms with van der Waals surface area (Å²) in [4.78, 5) is 11.1. The number of benzene rings is 1. The fourth-order valence-electron chi connectivity index (χ4n) is 2.71. The fourth-order valence-corrected chi connectivity index (χ4v) is 3.07. The first-order valence-electron chi connectivity index (χ1n) is 6.44. The number of halogens is 1. The predicted molar refractivity (Wildman–Crippen MR) is 71.7 cm³/mol. The normalized spacial score (nSPS) is 17.1. The Morgan fingerprint density at radius 1 is 1.29 bits per heavy atom. The molecule has 0 heterocycles. The number of Topliss-reactive ketones (excluding diaryl/α,β-unsaturated/α-hetero) is 1. The van der Waals surface area contributed by atoms with Gasteiger partial charge in [0.1, 0.15) is 5.78 Å². The standard InChI is InChI=1S/C15H19ClO/c1-11(17)9-12-7-8-14(15(16)10-12)13-5-3-2-4-6-13/h7-8,10,13H,2-6,9H2,1H3. The Morgan fingerprint density at radius 2 is 2.00 bits per heavy atom. The van der Waals surface area contributed by atoms with E-state index in [1.54, 1.807) is 6.92 Å². The predicted octanol–water partition coefficient (Wildman–Crippen LogP) is 4.52. The molecule has 0 bridgehead atoms. The van der Waals surface area contributed by atoms with E-state index < -0.39 is 0 Å². The summed E-state index contributed by atoms with van der Waals surface area (Å²) in [7, 11) is 0. The van der Waals surface area contributed by atoms with E-state index in [0.29, 0.717) is 12.3 Å². The molecule has 1 saturated carbocycles. The summed E-state index contributed by atoms with van der Waals surface area (Å²) < 4.78 is 0. The van der Waals surface area contributed by atoms with Crippen LogP contribution in [0.4, 0.5) is 0 Å². The van der Waals surface area contributed by atoms with Crippen LogP contribution in [-0.4, -0.2) is 5.78 Å². The van der Waals surface area contributed by atoms with Gasteiger partial charge in [0.15, 0.2) is 0 Å². The maximum Gasteiger partial charge on any atom is 0.134 e. The van der Waals surface area contributed by atoms with Gasteiger partial charge in [0.2, 0.25) is 0 Å². The molecule has 2 rings (SSSR count). The zero-order valence-corrected chi connectivity index (χ0v) is 11.1. The summed E-state index contributed by atoms with van der Waals surface area (Å²) >= 11 is 6.33. The van der Waals surface area contributed by atoms with E-state index in [-0.39, 0.29) is 5.78 Å². The van der Waals surface area contributed by atoms with Gasteiger partial charge in [0.25, 0.3) is 0 Å². The van der Waals surface area contributed by atoms with Crippen molar-refractivity contribution in [3.8, 4) is 0 Å². The van der Waals surface area contributed by atoms with Crippen LogP contribution < -0.4 is 0 Å². The lowest BCUT2D eigenvalue weighted by atomic mass is 9.84. The molecule has 0 radical (unpaired) electrons. The highest BCUT2D eigenvalue weighted by Crippen LogP contribution is 2.36. The topological polar surface area (TPSA) is 17.1 Å². The molecule has 1 aromatic carbocycles. The first kappa shape index (κ1) is 12.6. The maximum atomic E-state index is 11.1. The second kappa shape index (κ2) is 5.68. The van der Waals surface area contributed by atoms with Gasteiger partial charge in [-0.05, 0) is 42.9 Å². The van der Waals surface area contributed by atoms with Crippen LogP contribution in [0.1, 0.15) is 56.1 Å². The first-order valence-corrected chi connectivity index (χ1v) is 6.82. The van der Waals surface area contributed by atoms with Gasteiger partial charge < -0.3 is 0 Å². The molecule has 1 aliphatic carbocycles. The third kappa shape index (κ3) is 3.32. The molecule has 0 aliphatic heterocycles. The smallest absolute Gasteiger partial charge is 0.134 e. The largest absolute Gasteiger partial charge is 0.300 e. The highest BCUT2D eigenvalue weighted by Gasteiger charge is 2.18. The van der Waals surface area contributed by atoms with Crippen LogP contribution in [0.3, 0.4) is 0 Å². The number of carbonyl (C=O) groups is 1. The van der Waals surface area contributed by atoms with Crippen molar-refractivity contribution >= 4 is 17.4 Å². The Kier molecular flexibility index (Phi) is 4.22. The van der Waals surface area contributed by atoms with Crippen molar-refractivity contribution in [1.82, 2.24) is 0 Å². The molecule has 92 valence electrons. The fraction of sp³-hybridized carbons (Fsp3) is 0.533. The van der Waals surface area contributed by atoms with Gasteiger partial charge in [-0.25, -0.2) is 0 Å². The molecule has 1 fully saturated rings. The molecule has 0 saturated heterocycles. The molecule has 17 heavy (non-hydrogen) atoms. The van der Waals surface area contributed by atoms with E-state index in [9.17, 15) is 4.79 Å². The minimum absolute atomic E-state index is 0.187. The Balaban J connectivity index is 2.15. The van der Waals surface area contributed by atoms with Crippen LogP contribution in [0.15, 0.2) is 18.2 Å². The van der Waals surface area contributed by atoms with Crippen molar-refractivity contribution in [2.45, 2.75) is 51.4 Å². The number of hydrogen-bond acceptors (Lipinski definition) is 1. The van der Waals surface area contributed by atoms with Crippen LogP contribution in [0.25, 0.3) is 0 Å². The van der Waals surface area contributed by atoms with Gasteiger partial charge in [-0.15, -0.1) is 0 Å². The number of carbonyl (C=O) groups excluding carboxylic acids is 1. The van der Waals surface area contributed by atoms with Crippen molar-refractivity contribution in [2.24, 2.45) is 0 Å². The number of hydrogen-bond donors (Lipinski definition) is 0. The summed E-state index contributed by atoms with van der Waals surface area (Å²) in [6.07, 6.45) is 6.99. The molecular weight excluding hydrogens is 232 g/mol. The summed E-state index contributed by atoms with van der Waals surface area (Å²) in [5.74, 6) is 0.814. The third-order valence-corrected chi connectivity index (χ3v) is 3.89. The van der Waals surface area contributed by atoms with Crippen LogP contribution in [0, 0.1) is 0 Å². The van der Waals surface area contributed by atoms with E-state index in [2.05, 4.69) is 12.1 Å². The average molecular weight is 251 g/mol. The second-order valence-corrected chi connectivity index (χ2v) is 5.48. The van der Waals surface area contributed by atoms with Gasteiger partial charge >= 0.3 is 0 Å². The molecule has 1 aromatic rings. The van der Waals surface area contributed by atoms with E-state index in [0.717, 1.165) is 10.6 Å². The average Bonchev–Trinajstić information content (AvgIpc) is 2.29. The number of rotatable bonds is 3. The molecular formula is C15H19ClO. The lowest BCUT2D eigenvalue weighted by Gasteiger charge is -2.23. The van der Waals surface area contributed by atoms with Crippen LogP contribution >= 0.6 is 11.6 Å². The summed E-state index contributed by atoms with van der Waals surface area (Å²) in [5, 5.41) is 0.843. The first-order chi connectivity index (χ1) is 8.16. The van der Waals surface area contributed by atoms with Crippen molar-refractivity contribution in [3.63, 3.8) is 0 Å². The van der Waals surface area contributed by atoms with Crippen LogP contribution in [-0.2, 0) is 11.2 Å². The highest BCUT2D eigenvalue weighted by molar-refractivity contribution is 6.31. The van der Waals surface area contributed by atoms with Gasteiger partial charge in [-0.2, -0.15) is 0 Å². The third-order valence-electron chi connectivity index (χ3n) is 3.56. The Labute approximate surface area is 108 Å². The molecule has 0 aromatic heterocycles. The minimum Gasteiger partial charge on any atom is -0.300 e. The lowest BCUT2D eigenvalue weighted by Crippen LogP contribution is -2.05. The molecule has 0 N–H and O–H groups in total. The molecule has 1 aliphatic rings. The lowest BCUT2D eigenvalue weighted by molar-refractivity contribution is -0.116. The monoisotopic (exact) mass is 250 g/mol. The van der Waals surface area contributed by atoms with Gasteiger partial charge in [-0.1, -0.05) is 43.0 Å². The van der Waals surface area contributed by atoms with Gasteiger partial charge in [-0.3, -0.25) is 4.79 Å². The van der Waals surface area contributed by atoms with Gasteiger partial charge in [0, 0.05) is 11.4 Å².